The maximum absolute atomic E-state index is 6.10. The van der Waals surface area contributed by atoms with Crippen molar-refractivity contribution in [2.75, 3.05) is 25.1 Å². The number of halogens is 1. The SMILES string of the molecule is CCCNC1CCN(c2ccc(Cl)c(OC)c2)C(C)C1. The lowest BCUT2D eigenvalue weighted by atomic mass is 9.97. The van der Waals surface area contributed by atoms with Crippen LogP contribution in [-0.4, -0.2) is 32.3 Å². The predicted molar refractivity (Wildman–Crippen MR) is 86.1 cm³/mol. The molecule has 0 radical (unpaired) electrons. The highest BCUT2D eigenvalue weighted by atomic mass is 35.5. The van der Waals surface area contributed by atoms with Crippen LogP contribution in [0, 0.1) is 0 Å². The van der Waals surface area contributed by atoms with Crippen LogP contribution in [0.25, 0.3) is 0 Å². The van der Waals surface area contributed by atoms with Crippen LogP contribution in [0.4, 0.5) is 5.69 Å². The molecule has 2 unspecified atom stereocenters. The standard InChI is InChI=1S/C16H25ClN2O/c1-4-8-18-13-7-9-19(12(2)10-13)14-5-6-15(17)16(11-14)20-3/h5-6,11-13,18H,4,7-10H2,1-3H3. The predicted octanol–water partition coefficient (Wildman–Crippen LogP) is 3.71. The maximum Gasteiger partial charge on any atom is 0.139 e. The van der Waals surface area contributed by atoms with Crippen molar-refractivity contribution >= 4 is 17.3 Å². The van der Waals surface area contributed by atoms with Gasteiger partial charge >= 0.3 is 0 Å². The molecular formula is C16H25ClN2O. The Morgan fingerprint density at radius 3 is 2.90 bits per heavy atom. The molecule has 1 aromatic carbocycles. The average molecular weight is 297 g/mol. The van der Waals surface area contributed by atoms with Gasteiger partial charge in [0.05, 0.1) is 12.1 Å². The van der Waals surface area contributed by atoms with Crippen LogP contribution in [0.3, 0.4) is 0 Å². The number of anilines is 1. The Kier molecular flexibility index (Phi) is 5.55. The third kappa shape index (κ3) is 3.58. The van der Waals surface area contributed by atoms with E-state index in [0.717, 1.165) is 18.8 Å². The van der Waals surface area contributed by atoms with Gasteiger partial charge in [-0.2, -0.15) is 0 Å². The van der Waals surface area contributed by atoms with Gasteiger partial charge in [0, 0.05) is 30.4 Å². The molecule has 1 heterocycles. The first kappa shape index (κ1) is 15.5. The van der Waals surface area contributed by atoms with E-state index in [4.69, 9.17) is 16.3 Å². The molecule has 112 valence electrons. The molecule has 2 atom stereocenters. The Balaban J connectivity index is 2.03. The number of hydrogen-bond acceptors (Lipinski definition) is 3. The molecule has 0 aromatic heterocycles. The molecule has 1 aromatic rings. The molecule has 1 aliphatic heterocycles. The molecular weight excluding hydrogens is 272 g/mol. The van der Waals surface area contributed by atoms with Crippen LogP contribution >= 0.6 is 11.6 Å². The Labute approximate surface area is 127 Å². The molecule has 1 saturated heterocycles. The number of nitrogens with one attached hydrogen (secondary N) is 1. The van der Waals surface area contributed by atoms with Crippen molar-refractivity contribution in [2.45, 2.75) is 45.2 Å². The van der Waals surface area contributed by atoms with E-state index in [1.165, 1.54) is 24.9 Å². The number of rotatable bonds is 5. The number of ether oxygens (including phenoxy) is 1. The van der Waals surface area contributed by atoms with Crippen molar-refractivity contribution in [2.24, 2.45) is 0 Å². The quantitative estimate of drug-likeness (QED) is 0.896. The van der Waals surface area contributed by atoms with Crippen molar-refractivity contribution in [3.05, 3.63) is 23.2 Å². The smallest absolute Gasteiger partial charge is 0.139 e. The summed E-state index contributed by atoms with van der Waals surface area (Å²) in [5.41, 5.74) is 1.20. The Bertz CT molecular complexity index is 438. The fourth-order valence-corrected chi connectivity index (χ4v) is 3.11. The van der Waals surface area contributed by atoms with E-state index >= 15 is 0 Å². The highest BCUT2D eigenvalue weighted by Gasteiger charge is 2.25. The maximum atomic E-state index is 6.10. The summed E-state index contributed by atoms with van der Waals surface area (Å²) in [6.45, 7) is 6.70. The Hall–Kier alpha value is -0.930. The minimum atomic E-state index is 0.531. The average Bonchev–Trinajstić information content (AvgIpc) is 2.46. The van der Waals surface area contributed by atoms with Gasteiger partial charge in [-0.3, -0.25) is 0 Å². The number of methoxy groups -OCH3 is 1. The molecule has 0 spiro atoms. The zero-order chi connectivity index (χ0) is 14.5. The molecule has 4 heteroatoms. The molecule has 1 N–H and O–H groups in total. The topological polar surface area (TPSA) is 24.5 Å². The molecule has 3 nitrogen and oxygen atoms in total. The van der Waals surface area contributed by atoms with Gasteiger partial charge in [-0.1, -0.05) is 18.5 Å². The molecule has 1 fully saturated rings. The van der Waals surface area contributed by atoms with Gasteiger partial charge in [0.15, 0.2) is 0 Å². The zero-order valence-corrected chi connectivity index (χ0v) is 13.4. The third-order valence-electron chi connectivity index (χ3n) is 4.03. The first-order valence-electron chi connectivity index (χ1n) is 7.49. The van der Waals surface area contributed by atoms with E-state index < -0.39 is 0 Å². The van der Waals surface area contributed by atoms with Crippen molar-refractivity contribution in [3.63, 3.8) is 0 Å². The number of hydrogen-bond donors (Lipinski definition) is 1. The summed E-state index contributed by atoms with van der Waals surface area (Å²) in [6, 6.07) is 7.23. The van der Waals surface area contributed by atoms with E-state index in [0.29, 0.717) is 17.1 Å². The molecule has 1 aliphatic rings. The van der Waals surface area contributed by atoms with Gasteiger partial charge in [-0.25, -0.2) is 0 Å². The highest BCUT2D eigenvalue weighted by Crippen LogP contribution is 2.32. The zero-order valence-electron chi connectivity index (χ0n) is 12.7. The van der Waals surface area contributed by atoms with Crippen molar-refractivity contribution < 1.29 is 4.74 Å². The van der Waals surface area contributed by atoms with Crippen LogP contribution < -0.4 is 15.0 Å². The fraction of sp³-hybridized carbons (Fsp3) is 0.625. The van der Waals surface area contributed by atoms with E-state index in [2.05, 4.69) is 30.1 Å². The van der Waals surface area contributed by atoms with E-state index in [1.54, 1.807) is 7.11 Å². The number of piperidine rings is 1. The lowest BCUT2D eigenvalue weighted by Crippen LogP contribution is -2.47. The highest BCUT2D eigenvalue weighted by molar-refractivity contribution is 6.32. The number of nitrogens with zero attached hydrogens (tertiary/aromatic N) is 1. The first-order valence-corrected chi connectivity index (χ1v) is 7.87. The first-order chi connectivity index (χ1) is 9.65. The van der Waals surface area contributed by atoms with Gasteiger partial charge in [0.2, 0.25) is 0 Å². The molecule has 0 bridgehead atoms. The second-order valence-corrected chi connectivity index (χ2v) is 5.94. The lowest BCUT2D eigenvalue weighted by molar-refractivity contribution is 0.368. The minimum Gasteiger partial charge on any atom is -0.495 e. The molecule has 0 aliphatic carbocycles. The molecule has 20 heavy (non-hydrogen) atoms. The summed E-state index contributed by atoms with van der Waals surface area (Å²) in [5, 5.41) is 4.30. The van der Waals surface area contributed by atoms with E-state index in [-0.39, 0.29) is 0 Å². The summed E-state index contributed by atoms with van der Waals surface area (Å²) in [7, 11) is 1.66. The third-order valence-corrected chi connectivity index (χ3v) is 4.34. The molecule has 0 saturated carbocycles. The minimum absolute atomic E-state index is 0.531. The molecule has 2 rings (SSSR count). The summed E-state index contributed by atoms with van der Waals surface area (Å²) in [5.74, 6) is 0.752. The van der Waals surface area contributed by atoms with Gasteiger partial charge in [-0.05, 0) is 44.9 Å². The van der Waals surface area contributed by atoms with Crippen molar-refractivity contribution in [1.82, 2.24) is 5.32 Å². The summed E-state index contributed by atoms with van der Waals surface area (Å²) in [4.78, 5) is 2.45. The van der Waals surface area contributed by atoms with Crippen molar-refractivity contribution in [1.29, 1.82) is 0 Å². The van der Waals surface area contributed by atoms with Gasteiger partial charge in [0.25, 0.3) is 0 Å². The van der Waals surface area contributed by atoms with Gasteiger partial charge < -0.3 is 15.0 Å². The second kappa shape index (κ2) is 7.19. The number of benzene rings is 1. The fourth-order valence-electron chi connectivity index (χ4n) is 2.92. The monoisotopic (exact) mass is 296 g/mol. The van der Waals surface area contributed by atoms with E-state index in [9.17, 15) is 0 Å². The van der Waals surface area contributed by atoms with E-state index in [1.807, 2.05) is 12.1 Å². The van der Waals surface area contributed by atoms with Crippen LogP contribution in [0.15, 0.2) is 18.2 Å². The van der Waals surface area contributed by atoms with Gasteiger partial charge in [-0.15, -0.1) is 0 Å². The second-order valence-electron chi connectivity index (χ2n) is 5.54. The van der Waals surface area contributed by atoms with Gasteiger partial charge in [0.1, 0.15) is 5.75 Å². The lowest BCUT2D eigenvalue weighted by Gasteiger charge is -2.39. The summed E-state index contributed by atoms with van der Waals surface area (Å²) < 4.78 is 5.31. The van der Waals surface area contributed by atoms with Crippen LogP contribution in [0.2, 0.25) is 5.02 Å². The normalized spacial score (nSPS) is 22.9. The van der Waals surface area contributed by atoms with Crippen LogP contribution in [0.5, 0.6) is 5.75 Å². The van der Waals surface area contributed by atoms with Crippen LogP contribution in [-0.2, 0) is 0 Å². The summed E-state index contributed by atoms with van der Waals surface area (Å²) in [6.07, 6.45) is 3.57. The van der Waals surface area contributed by atoms with Crippen LogP contribution in [0.1, 0.15) is 33.1 Å². The Morgan fingerprint density at radius 2 is 2.25 bits per heavy atom. The summed E-state index contributed by atoms with van der Waals surface area (Å²) >= 11 is 6.10. The largest absolute Gasteiger partial charge is 0.495 e. The molecule has 0 amide bonds. The Morgan fingerprint density at radius 1 is 1.45 bits per heavy atom. The van der Waals surface area contributed by atoms with Crippen molar-refractivity contribution in [3.8, 4) is 5.75 Å².